The van der Waals surface area contributed by atoms with Crippen LogP contribution in [0.2, 0.25) is 0 Å². The lowest BCUT2D eigenvalue weighted by Crippen LogP contribution is -2.50. The number of amides is 4. The van der Waals surface area contributed by atoms with Crippen LogP contribution in [0.25, 0.3) is 6.08 Å². The van der Waals surface area contributed by atoms with Crippen LogP contribution in [0.3, 0.4) is 0 Å². The van der Waals surface area contributed by atoms with E-state index in [9.17, 15) is 19.2 Å². The lowest BCUT2D eigenvalue weighted by Gasteiger charge is -2.34. The van der Waals surface area contributed by atoms with Crippen LogP contribution < -0.4 is 0 Å². The molecule has 4 amide bonds. The molecular weight excluding hydrogens is 454 g/mol. The first kappa shape index (κ1) is 23.6. The number of hydrogen-bond acceptors (Lipinski definition) is 6. The van der Waals surface area contributed by atoms with Crippen LogP contribution >= 0.6 is 11.8 Å². The molecule has 0 saturated carbocycles. The zero-order valence-corrected chi connectivity index (χ0v) is 19.6. The molecule has 0 bridgehead atoms. The van der Waals surface area contributed by atoms with Crippen LogP contribution in [0, 0.1) is 0 Å². The minimum Gasteiger partial charge on any atom is -0.450 e. The van der Waals surface area contributed by atoms with Gasteiger partial charge in [0.05, 0.1) is 18.1 Å². The molecule has 0 N–H and O–H groups in total. The Kier molecular flexibility index (Phi) is 7.32. The number of benzene rings is 2. The summed E-state index contributed by atoms with van der Waals surface area (Å²) in [6.07, 6.45) is 1.31. The summed E-state index contributed by atoms with van der Waals surface area (Å²) in [4.78, 5) is 54.7. The van der Waals surface area contributed by atoms with E-state index in [1.165, 1.54) is 4.90 Å². The molecule has 2 aliphatic rings. The highest BCUT2D eigenvalue weighted by atomic mass is 32.2. The van der Waals surface area contributed by atoms with E-state index in [1.54, 1.807) is 47.1 Å². The Morgan fingerprint density at radius 1 is 0.941 bits per heavy atom. The van der Waals surface area contributed by atoms with E-state index in [1.807, 2.05) is 30.3 Å². The van der Waals surface area contributed by atoms with Gasteiger partial charge in [0, 0.05) is 31.7 Å². The Hall–Kier alpha value is -3.59. The van der Waals surface area contributed by atoms with Crippen LogP contribution in [0.5, 0.6) is 0 Å². The van der Waals surface area contributed by atoms with Crippen molar-refractivity contribution >= 4 is 41.0 Å². The Balaban J connectivity index is 1.37. The number of carbonyl (C=O) groups excluding carboxylic acids is 4. The summed E-state index contributed by atoms with van der Waals surface area (Å²) in [5, 5.41) is -0.297. The van der Waals surface area contributed by atoms with Crippen molar-refractivity contribution in [2.45, 2.75) is 13.5 Å². The minimum atomic E-state index is -0.355. The molecule has 4 rings (SSSR count). The van der Waals surface area contributed by atoms with Crippen molar-refractivity contribution < 1.29 is 23.9 Å². The van der Waals surface area contributed by atoms with Crippen LogP contribution in [0.15, 0.2) is 59.5 Å². The van der Waals surface area contributed by atoms with Crippen LogP contribution in [-0.4, -0.2) is 70.6 Å². The normalized spacial score (nSPS) is 17.4. The maximum Gasteiger partial charge on any atom is 0.409 e. The summed E-state index contributed by atoms with van der Waals surface area (Å²) in [7, 11) is 0. The number of thioether (sulfide) groups is 1. The summed E-state index contributed by atoms with van der Waals surface area (Å²) in [5.41, 5.74) is 2.14. The SMILES string of the molecule is CCOC(=O)N1CCN(C(=O)c2ccc(/C=C3\SC(=O)N(Cc4ccccc4)C3=O)cc2)CC1. The van der Waals surface area contributed by atoms with Crippen molar-refractivity contribution in [2.75, 3.05) is 32.8 Å². The molecule has 34 heavy (non-hydrogen) atoms. The van der Waals surface area contributed by atoms with E-state index >= 15 is 0 Å². The lowest BCUT2D eigenvalue weighted by atomic mass is 10.1. The third-order valence-electron chi connectivity index (χ3n) is 5.61. The average molecular weight is 480 g/mol. The molecule has 176 valence electrons. The first-order valence-corrected chi connectivity index (χ1v) is 11.9. The van der Waals surface area contributed by atoms with E-state index in [-0.39, 0.29) is 29.7 Å². The molecule has 0 unspecified atom stereocenters. The molecule has 2 aromatic rings. The van der Waals surface area contributed by atoms with Gasteiger partial charge in [-0.25, -0.2) is 4.79 Å². The van der Waals surface area contributed by atoms with E-state index in [0.29, 0.717) is 43.3 Å². The van der Waals surface area contributed by atoms with Crippen LogP contribution in [0.1, 0.15) is 28.4 Å². The standard InChI is InChI=1S/C25H25N3O5S/c1-2-33-24(31)27-14-12-26(13-15-27)22(29)20-10-8-18(9-11-20)16-21-23(30)28(25(32)34-21)17-19-6-4-3-5-7-19/h3-11,16H,2,12-15,17H2,1H3/b21-16-. The third-order valence-corrected chi connectivity index (χ3v) is 6.51. The van der Waals surface area contributed by atoms with Gasteiger partial charge in [0.1, 0.15) is 0 Å². The van der Waals surface area contributed by atoms with Gasteiger partial charge in [-0.05, 0) is 48.0 Å². The maximum atomic E-state index is 12.8. The molecule has 0 aromatic heterocycles. The molecule has 0 atom stereocenters. The van der Waals surface area contributed by atoms with Crippen molar-refractivity contribution in [1.29, 1.82) is 0 Å². The predicted molar refractivity (Wildman–Crippen MR) is 129 cm³/mol. The van der Waals surface area contributed by atoms with Crippen molar-refractivity contribution in [3.63, 3.8) is 0 Å². The van der Waals surface area contributed by atoms with Gasteiger partial charge in [0.25, 0.3) is 17.1 Å². The average Bonchev–Trinajstić information content (AvgIpc) is 3.12. The molecule has 2 aromatic carbocycles. The number of ether oxygens (including phenoxy) is 1. The molecule has 8 nitrogen and oxygen atoms in total. The lowest BCUT2D eigenvalue weighted by molar-refractivity contribution is -0.123. The van der Waals surface area contributed by atoms with Crippen molar-refractivity contribution in [3.8, 4) is 0 Å². The smallest absolute Gasteiger partial charge is 0.409 e. The molecule has 0 spiro atoms. The Morgan fingerprint density at radius 3 is 2.24 bits per heavy atom. The second-order valence-electron chi connectivity index (χ2n) is 7.85. The number of rotatable bonds is 5. The monoisotopic (exact) mass is 479 g/mol. The Morgan fingerprint density at radius 2 is 1.59 bits per heavy atom. The summed E-state index contributed by atoms with van der Waals surface area (Å²) < 4.78 is 5.01. The van der Waals surface area contributed by atoms with Crippen LogP contribution in [-0.2, 0) is 16.1 Å². The zero-order chi connectivity index (χ0) is 24.1. The fourth-order valence-electron chi connectivity index (χ4n) is 3.77. The fraction of sp³-hybridized carbons (Fsp3) is 0.280. The van der Waals surface area contributed by atoms with Gasteiger partial charge in [-0.2, -0.15) is 0 Å². The highest BCUT2D eigenvalue weighted by molar-refractivity contribution is 8.18. The first-order valence-electron chi connectivity index (χ1n) is 11.1. The zero-order valence-electron chi connectivity index (χ0n) is 18.8. The van der Waals surface area contributed by atoms with E-state index in [0.717, 1.165) is 22.9 Å². The molecule has 0 aliphatic carbocycles. The summed E-state index contributed by atoms with van der Waals surface area (Å²) in [6, 6.07) is 16.3. The first-order chi connectivity index (χ1) is 16.5. The van der Waals surface area contributed by atoms with Gasteiger partial charge >= 0.3 is 6.09 Å². The van der Waals surface area contributed by atoms with Gasteiger partial charge < -0.3 is 14.5 Å². The molecule has 2 saturated heterocycles. The van der Waals surface area contributed by atoms with E-state index in [4.69, 9.17) is 4.74 Å². The van der Waals surface area contributed by atoms with Gasteiger partial charge in [-0.1, -0.05) is 42.5 Å². The molecule has 2 fully saturated rings. The number of nitrogens with zero attached hydrogens (tertiary/aromatic N) is 3. The fourth-order valence-corrected chi connectivity index (χ4v) is 4.60. The van der Waals surface area contributed by atoms with Crippen molar-refractivity contribution in [2.24, 2.45) is 0 Å². The number of hydrogen-bond donors (Lipinski definition) is 0. The highest BCUT2D eigenvalue weighted by Crippen LogP contribution is 2.33. The van der Waals surface area contributed by atoms with Gasteiger partial charge in [0.2, 0.25) is 0 Å². The molecular formula is C25H25N3O5S. The summed E-state index contributed by atoms with van der Waals surface area (Å²) >= 11 is 0.916. The largest absolute Gasteiger partial charge is 0.450 e. The maximum absolute atomic E-state index is 12.8. The molecule has 2 aliphatic heterocycles. The minimum absolute atomic E-state index is 0.113. The Bertz CT molecular complexity index is 1110. The second kappa shape index (κ2) is 10.6. The van der Waals surface area contributed by atoms with Crippen molar-refractivity contribution in [3.05, 3.63) is 76.2 Å². The van der Waals surface area contributed by atoms with Gasteiger partial charge in [-0.3, -0.25) is 19.3 Å². The topological polar surface area (TPSA) is 87.2 Å². The van der Waals surface area contributed by atoms with Crippen molar-refractivity contribution in [1.82, 2.24) is 14.7 Å². The predicted octanol–water partition coefficient (Wildman–Crippen LogP) is 3.84. The third kappa shape index (κ3) is 5.31. The molecule has 0 radical (unpaired) electrons. The number of carbonyl (C=O) groups is 4. The van der Waals surface area contributed by atoms with Gasteiger partial charge in [-0.15, -0.1) is 0 Å². The molecule has 2 heterocycles. The summed E-state index contributed by atoms with van der Waals surface area (Å²) in [5.74, 6) is -0.434. The quantitative estimate of drug-likeness (QED) is 0.606. The highest BCUT2D eigenvalue weighted by Gasteiger charge is 2.35. The van der Waals surface area contributed by atoms with Gasteiger partial charge in [0.15, 0.2) is 0 Å². The van der Waals surface area contributed by atoms with E-state index in [2.05, 4.69) is 0 Å². The Labute approximate surface area is 202 Å². The number of imide groups is 1. The second-order valence-corrected chi connectivity index (χ2v) is 8.85. The summed E-state index contributed by atoms with van der Waals surface area (Å²) in [6.45, 7) is 4.06. The number of piperazine rings is 1. The van der Waals surface area contributed by atoms with E-state index < -0.39 is 0 Å². The molecule has 9 heteroatoms. The van der Waals surface area contributed by atoms with Crippen LogP contribution in [0.4, 0.5) is 9.59 Å².